The van der Waals surface area contributed by atoms with Gasteiger partial charge in [-0.3, -0.25) is 0 Å². The minimum atomic E-state index is -4.65. The minimum Gasteiger partial charge on any atom is -0.467 e. The van der Waals surface area contributed by atoms with Crippen LogP contribution in [0.15, 0.2) is 60.9 Å². The predicted octanol–water partition coefficient (Wildman–Crippen LogP) is 6.03. The smallest absolute Gasteiger partial charge is 0.435 e. The number of nitrogens with zero attached hydrogens (tertiary/aromatic N) is 5. The molecule has 1 fully saturated rings. The molecule has 0 amide bonds. The zero-order valence-electron chi connectivity index (χ0n) is 20.4. The number of methoxy groups -OCH3 is 1. The van der Waals surface area contributed by atoms with Gasteiger partial charge < -0.3 is 15.0 Å². The molecule has 1 atom stereocenters. The van der Waals surface area contributed by atoms with Crippen molar-refractivity contribution >= 4 is 34.9 Å². The van der Waals surface area contributed by atoms with Gasteiger partial charge in [0.1, 0.15) is 11.9 Å². The number of hydrogen-bond donors (Lipinski definition) is 1. The summed E-state index contributed by atoms with van der Waals surface area (Å²) in [6.45, 7) is 0.643. The van der Waals surface area contributed by atoms with Crippen LogP contribution < -0.4 is 10.2 Å². The van der Waals surface area contributed by atoms with Gasteiger partial charge in [0.25, 0.3) is 0 Å². The number of carbonyl (C=O) groups excluding carboxylic acids is 1. The van der Waals surface area contributed by atoms with Crippen molar-refractivity contribution < 1.29 is 27.1 Å². The number of carbonyl (C=O) groups is 1. The summed E-state index contributed by atoms with van der Waals surface area (Å²) in [5, 5.41) is 6.45. The van der Waals surface area contributed by atoms with Crippen LogP contribution in [-0.4, -0.2) is 45.4 Å². The van der Waals surface area contributed by atoms with Gasteiger partial charge >= 0.3 is 12.1 Å². The molecule has 0 aliphatic carbocycles. The molecule has 0 spiro atoms. The number of alkyl halides is 3. The van der Waals surface area contributed by atoms with E-state index in [-0.39, 0.29) is 22.8 Å². The summed E-state index contributed by atoms with van der Waals surface area (Å²) in [6.07, 6.45) is -0.592. The normalized spacial score (nSPS) is 15.4. The number of ether oxygens (including phenoxy) is 1. The molecule has 202 valence electrons. The molecule has 0 saturated carbocycles. The molecule has 39 heavy (non-hydrogen) atoms. The van der Waals surface area contributed by atoms with E-state index in [0.717, 1.165) is 35.1 Å². The van der Waals surface area contributed by atoms with Gasteiger partial charge in [-0.2, -0.15) is 23.3 Å². The highest BCUT2D eigenvalue weighted by Gasteiger charge is 2.34. The van der Waals surface area contributed by atoms with E-state index in [1.165, 1.54) is 25.4 Å². The molecule has 8 nitrogen and oxygen atoms in total. The van der Waals surface area contributed by atoms with E-state index in [0.29, 0.717) is 29.8 Å². The highest BCUT2D eigenvalue weighted by Crippen LogP contribution is 2.34. The Bertz CT molecular complexity index is 1530. The Morgan fingerprint density at radius 2 is 2.00 bits per heavy atom. The summed E-state index contributed by atoms with van der Waals surface area (Å²) in [5.41, 5.74) is 1.02. The number of rotatable bonds is 6. The number of anilines is 3. The lowest BCUT2D eigenvalue weighted by Crippen LogP contribution is -2.36. The Labute approximate surface area is 225 Å². The van der Waals surface area contributed by atoms with Crippen LogP contribution >= 0.6 is 11.6 Å². The van der Waals surface area contributed by atoms with Crippen molar-refractivity contribution in [1.29, 1.82) is 0 Å². The first kappa shape index (κ1) is 26.4. The van der Waals surface area contributed by atoms with Crippen molar-refractivity contribution in [1.82, 2.24) is 19.7 Å². The lowest BCUT2D eigenvalue weighted by molar-refractivity contribution is -0.142. The first-order valence-electron chi connectivity index (χ1n) is 11.8. The van der Waals surface area contributed by atoms with Crippen LogP contribution in [0.3, 0.4) is 0 Å². The average Bonchev–Trinajstić information content (AvgIpc) is 3.61. The standard InChI is InChI=1S/C26H21ClF4N6O2/c1-39-24(38)21-6-3-10-36(21)17-5-2-4-15(12-17)18-14-32-25(33-16-7-8-20(28)19(27)13-16)34-23(18)37-11-9-22(35-37)26(29,30)31/h2,4-5,7-9,11-14,21H,3,6,10H2,1H3,(H,32,33,34). The molecule has 1 unspecified atom stereocenters. The summed E-state index contributed by atoms with van der Waals surface area (Å²) in [4.78, 5) is 23.0. The monoisotopic (exact) mass is 560 g/mol. The number of aromatic nitrogens is 4. The first-order valence-corrected chi connectivity index (χ1v) is 12.2. The molecular formula is C26H21ClF4N6O2. The summed E-state index contributed by atoms with van der Waals surface area (Å²) < 4.78 is 59.5. The number of hydrogen-bond acceptors (Lipinski definition) is 7. The zero-order chi connectivity index (χ0) is 27.7. The van der Waals surface area contributed by atoms with Gasteiger partial charge in [0.05, 0.1) is 12.1 Å². The fourth-order valence-corrected chi connectivity index (χ4v) is 4.60. The summed E-state index contributed by atoms with van der Waals surface area (Å²) in [6, 6.07) is 11.5. The van der Waals surface area contributed by atoms with E-state index in [1.54, 1.807) is 12.1 Å². The summed E-state index contributed by atoms with van der Waals surface area (Å²) >= 11 is 5.86. The number of esters is 1. The van der Waals surface area contributed by atoms with Gasteiger partial charge in [0.15, 0.2) is 11.5 Å². The van der Waals surface area contributed by atoms with Crippen LogP contribution in [0.1, 0.15) is 18.5 Å². The second-order valence-corrected chi connectivity index (χ2v) is 9.16. The Hall–Kier alpha value is -4.19. The summed E-state index contributed by atoms with van der Waals surface area (Å²) in [7, 11) is 1.34. The van der Waals surface area contributed by atoms with Gasteiger partial charge in [-0.1, -0.05) is 23.7 Å². The van der Waals surface area contributed by atoms with E-state index in [4.69, 9.17) is 16.3 Å². The molecule has 4 aromatic rings. The third kappa shape index (κ3) is 5.51. The molecule has 1 saturated heterocycles. The Kier molecular flexibility index (Phi) is 7.13. The molecule has 1 N–H and O–H groups in total. The lowest BCUT2D eigenvalue weighted by Gasteiger charge is -2.25. The van der Waals surface area contributed by atoms with Gasteiger partial charge in [0, 0.05) is 35.9 Å². The maximum absolute atomic E-state index is 13.6. The van der Waals surface area contributed by atoms with Crippen LogP contribution in [0.2, 0.25) is 5.02 Å². The lowest BCUT2D eigenvalue weighted by atomic mass is 10.1. The predicted molar refractivity (Wildman–Crippen MR) is 137 cm³/mol. The molecular weight excluding hydrogens is 540 g/mol. The third-order valence-corrected chi connectivity index (χ3v) is 6.55. The van der Waals surface area contributed by atoms with Crippen molar-refractivity contribution in [2.75, 3.05) is 23.9 Å². The maximum atomic E-state index is 13.6. The van der Waals surface area contributed by atoms with Crippen molar-refractivity contribution in [3.63, 3.8) is 0 Å². The van der Waals surface area contributed by atoms with Crippen molar-refractivity contribution in [2.24, 2.45) is 0 Å². The van der Waals surface area contributed by atoms with E-state index in [1.807, 2.05) is 17.0 Å². The minimum absolute atomic E-state index is 0.0296. The second kappa shape index (κ2) is 10.5. The van der Waals surface area contributed by atoms with E-state index in [2.05, 4.69) is 20.4 Å². The van der Waals surface area contributed by atoms with E-state index < -0.39 is 23.7 Å². The fraction of sp³-hybridized carbons (Fsp3) is 0.231. The van der Waals surface area contributed by atoms with Crippen LogP contribution in [0.25, 0.3) is 16.9 Å². The maximum Gasteiger partial charge on any atom is 0.435 e. The molecule has 0 radical (unpaired) electrons. The number of benzene rings is 2. The quantitative estimate of drug-likeness (QED) is 0.228. The first-order chi connectivity index (χ1) is 18.6. The van der Waals surface area contributed by atoms with Crippen molar-refractivity contribution in [3.8, 4) is 16.9 Å². The molecule has 2 aromatic carbocycles. The van der Waals surface area contributed by atoms with Crippen molar-refractivity contribution in [3.05, 3.63) is 77.5 Å². The molecule has 3 heterocycles. The molecule has 5 rings (SSSR count). The van der Waals surface area contributed by atoms with Gasteiger partial charge in [-0.15, -0.1) is 0 Å². The van der Waals surface area contributed by atoms with Crippen LogP contribution in [0.5, 0.6) is 0 Å². The molecule has 1 aliphatic heterocycles. The van der Waals surface area contributed by atoms with E-state index >= 15 is 0 Å². The Morgan fingerprint density at radius 3 is 2.72 bits per heavy atom. The van der Waals surface area contributed by atoms with Gasteiger partial charge in [-0.25, -0.2) is 18.9 Å². The summed E-state index contributed by atoms with van der Waals surface area (Å²) in [5.74, 6) is -0.849. The fourth-order valence-electron chi connectivity index (χ4n) is 4.42. The molecule has 13 heteroatoms. The Balaban J connectivity index is 1.57. The highest BCUT2D eigenvalue weighted by molar-refractivity contribution is 6.31. The zero-order valence-corrected chi connectivity index (χ0v) is 21.2. The Morgan fingerprint density at radius 1 is 1.18 bits per heavy atom. The molecule has 0 bridgehead atoms. The molecule has 1 aliphatic rings. The second-order valence-electron chi connectivity index (χ2n) is 8.75. The van der Waals surface area contributed by atoms with Crippen molar-refractivity contribution in [2.45, 2.75) is 25.1 Å². The van der Waals surface area contributed by atoms with Crippen LogP contribution in [0, 0.1) is 5.82 Å². The molecule has 2 aromatic heterocycles. The number of halogens is 5. The van der Waals surface area contributed by atoms with Gasteiger partial charge in [-0.05, 0) is 54.8 Å². The van der Waals surface area contributed by atoms with Gasteiger partial charge in [0.2, 0.25) is 5.95 Å². The third-order valence-electron chi connectivity index (χ3n) is 6.26. The van der Waals surface area contributed by atoms with E-state index in [9.17, 15) is 22.4 Å². The van der Waals surface area contributed by atoms with Crippen LogP contribution in [0.4, 0.5) is 34.9 Å². The largest absolute Gasteiger partial charge is 0.467 e. The number of nitrogens with one attached hydrogen (secondary N) is 1. The topological polar surface area (TPSA) is 85.2 Å². The van der Waals surface area contributed by atoms with Crippen LogP contribution in [-0.2, 0) is 15.7 Å². The SMILES string of the molecule is COC(=O)C1CCCN1c1cccc(-c2cnc(Nc3ccc(F)c(Cl)c3)nc2-n2ccc(C(F)(F)F)n2)c1. The highest BCUT2D eigenvalue weighted by atomic mass is 35.5. The average molecular weight is 561 g/mol.